The summed E-state index contributed by atoms with van der Waals surface area (Å²) in [6, 6.07) is 14.8. The highest BCUT2D eigenvalue weighted by atomic mass is 16.6. The molecule has 3 rings (SSSR count). The molecule has 0 aliphatic carbocycles. The molecule has 2 amide bonds. The van der Waals surface area contributed by atoms with Crippen molar-refractivity contribution in [3.63, 3.8) is 0 Å². The van der Waals surface area contributed by atoms with Crippen molar-refractivity contribution in [3.05, 3.63) is 65.9 Å². The van der Waals surface area contributed by atoms with Gasteiger partial charge in [-0.25, -0.2) is 4.79 Å². The highest BCUT2D eigenvalue weighted by Gasteiger charge is 2.25. The number of H-pyrrole nitrogens is 1. The monoisotopic (exact) mass is 436 g/mol. The summed E-state index contributed by atoms with van der Waals surface area (Å²) in [6.07, 6.45) is 1.57. The van der Waals surface area contributed by atoms with E-state index in [0.717, 1.165) is 28.6 Å². The largest absolute Gasteiger partial charge is 0.444 e. The number of nitrogens with zero attached hydrogens (tertiary/aromatic N) is 1. The normalized spacial score (nSPS) is 12.6. The highest BCUT2D eigenvalue weighted by molar-refractivity contribution is 5.97. The minimum absolute atomic E-state index is 0.304. The van der Waals surface area contributed by atoms with E-state index in [4.69, 9.17) is 4.74 Å². The van der Waals surface area contributed by atoms with Gasteiger partial charge in [0, 0.05) is 35.8 Å². The molecule has 3 N–H and O–H groups in total. The van der Waals surface area contributed by atoms with Gasteiger partial charge in [0.1, 0.15) is 11.6 Å². The topological polar surface area (TPSA) is 86.5 Å². The molecule has 7 nitrogen and oxygen atoms in total. The Morgan fingerprint density at radius 3 is 2.41 bits per heavy atom. The van der Waals surface area contributed by atoms with Crippen LogP contribution in [-0.2, 0) is 22.5 Å². The number of carbonyl (C=O) groups excluding carboxylic acids is 2. The van der Waals surface area contributed by atoms with E-state index in [0.29, 0.717) is 12.1 Å². The highest BCUT2D eigenvalue weighted by Crippen LogP contribution is 2.20. The van der Waals surface area contributed by atoms with Gasteiger partial charge < -0.3 is 25.3 Å². The average molecular weight is 437 g/mol. The molecule has 0 aliphatic heterocycles. The summed E-state index contributed by atoms with van der Waals surface area (Å²) in [6.45, 7) is 6.18. The van der Waals surface area contributed by atoms with E-state index in [1.807, 2.05) is 68.8 Å². The molecule has 170 valence electrons. The number of rotatable bonds is 7. The molecule has 1 heterocycles. The number of amides is 2. The zero-order valence-corrected chi connectivity index (χ0v) is 19.4. The molecular formula is C25H32N4O3. The van der Waals surface area contributed by atoms with Gasteiger partial charge in [-0.1, -0.05) is 30.3 Å². The standard InChI is InChI=1S/C25H32N4O3/c1-25(2,3)32-24(31)28-22(14-18-15-26-21-9-7-6-8-20(18)21)23(30)27-19-12-10-17(11-13-19)16-29(4)5/h6-13,15,22,26H,14,16H2,1-5H3,(H,27,30)(H,28,31)/t22-/m0/s1. The number of aromatic nitrogens is 1. The molecule has 32 heavy (non-hydrogen) atoms. The van der Waals surface area contributed by atoms with Gasteiger partial charge >= 0.3 is 6.09 Å². The van der Waals surface area contributed by atoms with Crippen LogP contribution in [-0.4, -0.2) is 47.6 Å². The first kappa shape index (κ1) is 23.3. The predicted octanol–water partition coefficient (Wildman–Crippen LogP) is 4.30. The van der Waals surface area contributed by atoms with E-state index in [-0.39, 0.29) is 5.91 Å². The van der Waals surface area contributed by atoms with Crippen LogP contribution in [0.1, 0.15) is 31.9 Å². The summed E-state index contributed by atoms with van der Waals surface area (Å²) < 4.78 is 5.39. The SMILES string of the molecule is CN(C)Cc1ccc(NC(=O)[C@H](Cc2c[nH]c3ccccc23)NC(=O)OC(C)(C)C)cc1. The third kappa shape index (κ3) is 6.59. The number of aromatic amines is 1. The van der Waals surface area contributed by atoms with E-state index in [1.54, 1.807) is 20.8 Å². The first-order chi connectivity index (χ1) is 15.1. The lowest BCUT2D eigenvalue weighted by atomic mass is 10.0. The number of benzene rings is 2. The zero-order chi connectivity index (χ0) is 23.3. The second-order valence-electron chi connectivity index (χ2n) is 9.19. The Morgan fingerprint density at radius 2 is 1.75 bits per heavy atom. The van der Waals surface area contributed by atoms with E-state index in [2.05, 4.69) is 20.5 Å². The third-order valence-corrected chi connectivity index (χ3v) is 4.83. The fourth-order valence-electron chi connectivity index (χ4n) is 3.47. The quantitative estimate of drug-likeness (QED) is 0.515. The number of ether oxygens (including phenoxy) is 1. The molecule has 1 aromatic heterocycles. The predicted molar refractivity (Wildman–Crippen MR) is 128 cm³/mol. The fourth-order valence-corrected chi connectivity index (χ4v) is 3.47. The van der Waals surface area contributed by atoms with Gasteiger partial charge in [0.05, 0.1) is 0 Å². The van der Waals surface area contributed by atoms with Crippen molar-refractivity contribution in [2.45, 2.75) is 45.4 Å². The Morgan fingerprint density at radius 1 is 1.06 bits per heavy atom. The number of hydrogen-bond donors (Lipinski definition) is 3. The Hall–Kier alpha value is -3.32. The lowest BCUT2D eigenvalue weighted by Crippen LogP contribution is -2.47. The van der Waals surface area contributed by atoms with Crippen molar-refractivity contribution in [1.29, 1.82) is 0 Å². The summed E-state index contributed by atoms with van der Waals surface area (Å²) >= 11 is 0. The molecule has 3 aromatic rings. The van der Waals surface area contributed by atoms with Crippen LogP contribution in [0.2, 0.25) is 0 Å². The van der Waals surface area contributed by atoms with Gasteiger partial charge in [-0.15, -0.1) is 0 Å². The average Bonchev–Trinajstić information content (AvgIpc) is 3.10. The van der Waals surface area contributed by atoms with Crippen molar-refractivity contribution in [1.82, 2.24) is 15.2 Å². The van der Waals surface area contributed by atoms with Crippen LogP contribution >= 0.6 is 0 Å². The third-order valence-electron chi connectivity index (χ3n) is 4.83. The Kier molecular flexibility index (Phi) is 7.20. The number of anilines is 1. The van der Waals surface area contributed by atoms with E-state index < -0.39 is 17.7 Å². The number of fused-ring (bicyclic) bond motifs is 1. The summed E-state index contributed by atoms with van der Waals surface area (Å²) in [5, 5.41) is 6.68. The number of alkyl carbamates (subject to hydrolysis) is 1. The smallest absolute Gasteiger partial charge is 0.408 e. The molecule has 1 atom stereocenters. The minimum atomic E-state index is -0.800. The number of hydrogen-bond acceptors (Lipinski definition) is 4. The van der Waals surface area contributed by atoms with Crippen LogP contribution in [0.25, 0.3) is 10.9 Å². The summed E-state index contributed by atoms with van der Waals surface area (Å²) in [5.74, 6) is -0.304. The van der Waals surface area contributed by atoms with Gasteiger partial charge in [-0.3, -0.25) is 4.79 Å². The number of para-hydroxylation sites is 1. The Bertz CT molecular complexity index is 1060. The van der Waals surface area contributed by atoms with Gasteiger partial charge in [0.2, 0.25) is 5.91 Å². The molecule has 0 saturated heterocycles. The van der Waals surface area contributed by atoms with Gasteiger partial charge in [0.15, 0.2) is 0 Å². The van der Waals surface area contributed by atoms with Crippen molar-refractivity contribution in [3.8, 4) is 0 Å². The molecule has 0 bridgehead atoms. The van der Waals surface area contributed by atoms with Gasteiger partial charge in [-0.05, 0) is 64.2 Å². The van der Waals surface area contributed by atoms with Crippen molar-refractivity contribution < 1.29 is 14.3 Å². The molecule has 7 heteroatoms. The maximum Gasteiger partial charge on any atom is 0.408 e. The number of carbonyl (C=O) groups is 2. The maximum atomic E-state index is 13.1. The lowest BCUT2D eigenvalue weighted by Gasteiger charge is -2.23. The van der Waals surface area contributed by atoms with Gasteiger partial charge in [0.25, 0.3) is 0 Å². The summed E-state index contributed by atoms with van der Waals surface area (Å²) in [5.41, 5.74) is 3.09. The van der Waals surface area contributed by atoms with Crippen molar-refractivity contribution in [2.75, 3.05) is 19.4 Å². The van der Waals surface area contributed by atoms with Gasteiger partial charge in [-0.2, -0.15) is 0 Å². The lowest BCUT2D eigenvalue weighted by molar-refractivity contribution is -0.118. The van der Waals surface area contributed by atoms with Crippen LogP contribution in [0.15, 0.2) is 54.7 Å². The Balaban J connectivity index is 1.77. The molecule has 0 fully saturated rings. The molecule has 0 aliphatic rings. The molecule has 0 spiro atoms. The van der Waals surface area contributed by atoms with E-state index in [1.165, 1.54) is 0 Å². The molecule has 0 saturated carbocycles. The van der Waals surface area contributed by atoms with E-state index >= 15 is 0 Å². The summed E-state index contributed by atoms with van der Waals surface area (Å²) in [4.78, 5) is 30.9. The fraction of sp³-hybridized carbons (Fsp3) is 0.360. The Labute approximate surface area is 189 Å². The van der Waals surface area contributed by atoms with Crippen LogP contribution in [0.3, 0.4) is 0 Å². The zero-order valence-electron chi connectivity index (χ0n) is 19.4. The summed E-state index contributed by atoms with van der Waals surface area (Å²) in [7, 11) is 4.01. The molecule has 0 unspecified atom stereocenters. The molecular weight excluding hydrogens is 404 g/mol. The van der Waals surface area contributed by atoms with Crippen LogP contribution < -0.4 is 10.6 Å². The number of nitrogens with one attached hydrogen (secondary N) is 3. The molecule has 0 radical (unpaired) electrons. The maximum absolute atomic E-state index is 13.1. The first-order valence-corrected chi connectivity index (χ1v) is 10.7. The minimum Gasteiger partial charge on any atom is -0.444 e. The second kappa shape index (κ2) is 9.87. The molecule has 2 aromatic carbocycles. The van der Waals surface area contributed by atoms with Crippen LogP contribution in [0.4, 0.5) is 10.5 Å². The second-order valence-corrected chi connectivity index (χ2v) is 9.19. The van der Waals surface area contributed by atoms with Crippen LogP contribution in [0, 0.1) is 0 Å². The van der Waals surface area contributed by atoms with Crippen molar-refractivity contribution in [2.24, 2.45) is 0 Å². The van der Waals surface area contributed by atoms with Crippen molar-refractivity contribution >= 4 is 28.6 Å². The van der Waals surface area contributed by atoms with E-state index in [9.17, 15) is 9.59 Å². The van der Waals surface area contributed by atoms with Crippen LogP contribution in [0.5, 0.6) is 0 Å². The first-order valence-electron chi connectivity index (χ1n) is 10.7.